The molecule has 0 radical (unpaired) electrons. The summed E-state index contributed by atoms with van der Waals surface area (Å²) in [7, 11) is 3.59. The predicted octanol–water partition coefficient (Wildman–Crippen LogP) is 2.48. The molecule has 1 aromatic heterocycles. The molecule has 0 fully saturated rings. The number of hydrogen-bond donors (Lipinski definition) is 1. The quantitative estimate of drug-likeness (QED) is 0.758. The molecule has 1 N–H and O–H groups in total. The maximum absolute atomic E-state index is 12.1. The molecule has 124 valence electrons. The van der Waals surface area contributed by atoms with Crippen molar-refractivity contribution in [2.24, 2.45) is 7.05 Å². The van der Waals surface area contributed by atoms with Crippen LogP contribution in [0.15, 0.2) is 48.8 Å². The number of imidazole rings is 1. The van der Waals surface area contributed by atoms with Crippen molar-refractivity contribution in [3.05, 3.63) is 59.9 Å². The van der Waals surface area contributed by atoms with Crippen LogP contribution in [0.4, 0.5) is 0 Å². The molecule has 0 spiro atoms. The van der Waals surface area contributed by atoms with Gasteiger partial charge in [-0.25, -0.2) is 4.98 Å². The van der Waals surface area contributed by atoms with E-state index in [4.69, 9.17) is 4.74 Å². The number of amides is 1. The predicted molar refractivity (Wildman–Crippen MR) is 94.1 cm³/mol. The van der Waals surface area contributed by atoms with Gasteiger partial charge in [0.2, 0.25) is 5.91 Å². The molecule has 24 heavy (non-hydrogen) atoms. The van der Waals surface area contributed by atoms with Gasteiger partial charge in [0.05, 0.1) is 30.9 Å². The highest BCUT2D eigenvalue weighted by molar-refractivity contribution is 5.79. The van der Waals surface area contributed by atoms with E-state index in [2.05, 4.69) is 28.5 Å². The maximum Gasteiger partial charge on any atom is 0.224 e. The molecule has 0 unspecified atom stereocenters. The van der Waals surface area contributed by atoms with Crippen molar-refractivity contribution in [2.75, 3.05) is 13.7 Å². The average molecular weight is 323 g/mol. The van der Waals surface area contributed by atoms with Crippen LogP contribution in [0.25, 0.3) is 11.0 Å². The molecule has 0 saturated carbocycles. The summed E-state index contributed by atoms with van der Waals surface area (Å²) < 4.78 is 7.27. The monoisotopic (exact) mass is 323 g/mol. The number of carbonyl (C=O) groups excluding carboxylic acids is 1. The molecule has 1 amide bonds. The Balaban J connectivity index is 1.54. The van der Waals surface area contributed by atoms with Crippen LogP contribution in [0.3, 0.4) is 0 Å². The number of fused-ring (bicyclic) bond motifs is 1. The van der Waals surface area contributed by atoms with Gasteiger partial charge in [0.15, 0.2) is 0 Å². The van der Waals surface area contributed by atoms with Crippen LogP contribution < -0.4 is 10.1 Å². The van der Waals surface area contributed by atoms with Gasteiger partial charge in [-0.15, -0.1) is 0 Å². The number of carbonyl (C=O) groups is 1. The first-order valence-electron chi connectivity index (χ1n) is 7.96. The Morgan fingerprint density at radius 3 is 2.92 bits per heavy atom. The molecule has 0 aliphatic rings. The number of aromatic nitrogens is 2. The summed E-state index contributed by atoms with van der Waals surface area (Å²) in [5.41, 5.74) is 4.15. The molecule has 0 saturated heterocycles. The van der Waals surface area contributed by atoms with Crippen LogP contribution in [0, 0.1) is 0 Å². The second kappa shape index (κ2) is 7.17. The minimum atomic E-state index is -0.00147. The van der Waals surface area contributed by atoms with Crippen molar-refractivity contribution in [1.29, 1.82) is 0 Å². The normalized spacial score (nSPS) is 10.8. The zero-order valence-corrected chi connectivity index (χ0v) is 14.0. The lowest BCUT2D eigenvalue weighted by molar-refractivity contribution is -0.120. The van der Waals surface area contributed by atoms with E-state index in [1.54, 1.807) is 7.11 Å². The number of benzene rings is 2. The summed E-state index contributed by atoms with van der Waals surface area (Å²) in [4.78, 5) is 16.5. The molecule has 0 aliphatic heterocycles. The van der Waals surface area contributed by atoms with Gasteiger partial charge in [0, 0.05) is 19.2 Å². The van der Waals surface area contributed by atoms with Crippen LogP contribution in [0.5, 0.6) is 5.75 Å². The Bertz CT molecular complexity index is 855. The van der Waals surface area contributed by atoms with Crippen LogP contribution in [0.1, 0.15) is 11.1 Å². The highest BCUT2D eigenvalue weighted by atomic mass is 16.5. The highest BCUT2D eigenvalue weighted by Crippen LogP contribution is 2.17. The smallest absolute Gasteiger partial charge is 0.224 e. The van der Waals surface area contributed by atoms with E-state index >= 15 is 0 Å². The lowest BCUT2D eigenvalue weighted by Gasteiger charge is -2.09. The summed E-state index contributed by atoms with van der Waals surface area (Å²) in [6.07, 6.45) is 2.91. The van der Waals surface area contributed by atoms with E-state index < -0.39 is 0 Å². The van der Waals surface area contributed by atoms with Crippen LogP contribution in [-0.4, -0.2) is 29.1 Å². The molecule has 2 aromatic carbocycles. The summed E-state index contributed by atoms with van der Waals surface area (Å²) in [6, 6.07) is 13.8. The van der Waals surface area contributed by atoms with Crippen molar-refractivity contribution in [3.8, 4) is 5.75 Å². The number of rotatable bonds is 6. The molecule has 0 aliphatic carbocycles. The fourth-order valence-electron chi connectivity index (χ4n) is 2.77. The van der Waals surface area contributed by atoms with Gasteiger partial charge in [-0.2, -0.15) is 0 Å². The molecule has 3 rings (SSSR count). The minimum Gasteiger partial charge on any atom is -0.496 e. The minimum absolute atomic E-state index is 0.00147. The van der Waals surface area contributed by atoms with Gasteiger partial charge >= 0.3 is 0 Å². The van der Waals surface area contributed by atoms with Crippen molar-refractivity contribution in [1.82, 2.24) is 14.9 Å². The third-order valence-corrected chi connectivity index (χ3v) is 4.07. The topological polar surface area (TPSA) is 56.1 Å². The Labute approximate surface area is 141 Å². The molecule has 5 heteroatoms. The molecular formula is C19H21N3O2. The first-order chi connectivity index (χ1) is 11.7. The number of methoxy groups -OCH3 is 1. The maximum atomic E-state index is 12.1. The van der Waals surface area contributed by atoms with Crippen molar-refractivity contribution >= 4 is 16.9 Å². The Kier molecular flexibility index (Phi) is 4.79. The second-order valence-corrected chi connectivity index (χ2v) is 5.77. The molecular weight excluding hydrogens is 302 g/mol. The number of nitrogens with zero attached hydrogens (tertiary/aromatic N) is 2. The number of ether oxygens (including phenoxy) is 1. The highest BCUT2D eigenvalue weighted by Gasteiger charge is 2.08. The molecule has 0 bridgehead atoms. The van der Waals surface area contributed by atoms with Crippen LogP contribution >= 0.6 is 0 Å². The largest absolute Gasteiger partial charge is 0.496 e. The van der Waals surface area contributed by atoms with E-state index in [1.165, 1.54) is 5.56 Å². The fraction of sp³-hybridized carbons (Fsp3) is 0.263. The Hall–Kier alpha value is -2.82. The number of aryl methyl sites for hydroxylation is 1. The van der Waals surface area contributed by atoms with E-state index in [9.17, 15) is 4.79 Å². The van der Waals surface area contributed by atoms with E-state index in [1.807, 2.05) is 42.2 Å². The Morgan fingerprint density at radius 1 is 1.25 bits per heavy atom. The van der Waals surface area contributed by atoms with E-state index in [-0.39, 0.29) is 5.91 Å². The SMILES string of the molecule is COc1ccccc1CC(=O)NCCc1ccc2c(c1)ncn2C. The summed E-state index contributed by atoms with van der Waals surface area (Å²) in [6.45, 7) is 0.603. The van der Waals surface area contributed by atoms with Gasteiger partial charge < -0.3 is 14.6 Å². The van der Waals surface area contributed by atoms with E-state index in [0.717, 1.165) is 28.8 Å². The third-order valence-electron chi connectivity index (χ3n) is 4.07. The third kappa shape index (κ3) is 3.56. The second-order valence-electron chi connectivity index (χ2n) is 5.77. The first-order valence-corrected chi connectivity index (χ1v) is 7.96. The lowest BCUT2D eigenvalue weighted by Crippen LogP contribution is -2.27. The number of hydrogen-bond acceptors (Lipinski definition) is 3. The van der Waals surface area contributed by atoms with Gasteiger partial charge in [0.1, 0.15) is 5.75 Å². The van der Waals surface area contributed by atoms with Crippen molar-refractivity contribution in [3.63, 3.8) is 0 Å². The van der Waals surface area contributed by atoms with Crippen LogP contribution in [-0.2, 0) is 24.7 Å². The van der Waals surface area contributed by atoms with E-state index in [0.29, 0.717) is 13.0 Å². The molecule has 0 atom stereocenters. The fourth-order valence-corrected chi connectivity index (χ4v) is 2.77. The molecule has 3 aromatic rings. The van der Waals surface area contributed by atoms with Crippen molar-refractivity contribution < 1.29 is 9.53 Å². The number of nitrogens with one attached hydrogen (secondary N) is 1. The lowest BCUT2D eigenvalue weighted by atomic mass is 10.1. The van der Waals surface area contributed by atoms with Gasteiger partial charge in [0.25, 0.3) is 0 Å². The van der Waals surface area contributed by atoms with Gasteiger partial charge in [-0.1, -0.05) is 24.3 Å². The standard InChI is InChI=1S/C19H21N3O2/c1-22-13-21-16-11-14(7-8-17(16)22)9-10-20-19(23)12-15-5-3-4-6-18(15)24-2/h3-8,11,13H,9-10,12H2,1-2H3,(H,20,23). The number of para-hydroxylation sites is 1. The average Bonchev–Trinajstić information content (AvgIpc) is 2.96. The zero-order valence-electron chi connectivity index (χ0n) is 14.0. The summed E-state index contributed by atoms with van der Waals surface area (Å²) in [5.74, 6) is 0.742. The van der Waals surface area contributed by atoms with Gasteiger partial charge in [-0.3, -0.25) is 4.79 Å². The summed E-state index contributed by atoms with van der Waals surface area (Å²) in [5, 5.41) is 2.96. The van der Waals surface area contributed by atoms with Crippen LogP contribution in [0.2, 0.25) is 0 Å². The van der Waals surface area contributed by atoms with Gasteiger partial charge in [-0.05, 0) is 30.2 Å². The molecule has 5 nitrogen and oxygen atoms in total. The first kappa shape index (κ1) is 16.1. The molecule has 1 heterocycles. The van der Waals surface area contributed by atoms with Crippen molar-refractivity contribution in [2.45, 2.75) is 12.8 Å². The Morgan fingerprint density at radius 2 is 2.08 bits per heavy atom. The summed E-state index contributed by atoms with van der Waals surface area (Å²) >= 11 is 0. The zero-order chi connectivity index (χ0) is 16.9.